The summed E-state index contributed by atoms with van der Waals surface area (Å²) < 4.78 is 100. The van der Waals surface area contributed by atoms with Gasteiger partial charge in [0.25, 0.3) is 11.8 Å². The van der Waals surface area contributed by atoms with Crippen molar-refractivity contribution in [2.75, 3.05) is 25.7 Å². The van der Waals surface area contributed by atoms with Gasteiger partial charge in [-0.2, -0.15) is 0 Å². The zero-order chi connectivity index (χ0) is 46.8. The topological polar surface area (TPSA) is 189 Å². The summed E-state index contributed by atoms with van der Waals surface area (Å²) in [7, 11) is -7.37. The first-order chi connectivity index (χ1) is 31.5. The molecule has 2 amide bonds. The highest BCUT2D eigenvalue weighted by atomic mass is 32.2. The number of rotatable bonds is 18. The Labute approximate surface area is 381 Å². The number of carbonyl (C=O) groups excluding carboxylic acids is 2. The molecule has 2 aliphatic rings. The number of amides is 2. The Morgan fingerprint density at radius 3 is 1.68 bits per heavy atom. The minimum Gasteiger partial charge on any atom is -0.489 e. The second kappa shape index (κ2) is 20.9. The predicted molar refractivity (Wildman–Crippen MR) is 242 cm³/mol. The van der Waals surface area contributed by atoms with Gasteiger partial charge < -0.3 is 18.9 Å². The number of benzene rings is 4. The van der Waals surface area contributed by atoms with E-state index >= 15 is 0 Å². The lowest BCUT2D eigenvalue weighted by molar-refractivity contribution is 0.0972. The Kier molecular flexibility index (Phi) is 14.9. The number of pyridine rings is 2. The van der Waals surface area contributed by atoms with Crippen molar-refractivity contribution in [3.63, 3.8) is 0 Å². The Bertz CT molecular complexity index is 2930. The number of halogens is 2. The number of hydrogen-bond acceptors (Lipinski definition) is 12. The van der Waals surface area contributed by atoms with Crippen molar-refractivity contribution in [3.05, 3.63) is 155 Å². The molecular formula is C48H46F2N4O10S2. The number of nitrogens with one attached hydrogen (secondary N) is 2. The zero-order valence-corrected chi connectivity index (χ0v) is 37.5. The second-order valence-electron chi connectivity index (χ2n) is 16.0. The van der Waals surface area contributed by atoms with Crippen LogP contribution in [0.25, 0.3) is 22.3 Å². The summed E-state index contributed by atoms with van der Waals surface area (Å²) in [4.78, 5) is 32.2. The second-order valence-corrected chi connectivity index (χ2v) is 19.5. The van der Waals surface area contributed by atoms with E-state index in [1.807, 2.05) is 35.1 Å². The van der Waals surface area contributed by atoms with Crippen LogP contribution in [-0.2, 0) is 33.3 Å². The van der Waals surface area contributed by atoms with Crippen molar-refractivity contribution in [3.8, 4) is 45.5 Å². The molecule has 2 aliphatic carbocycles. The average Bonchev–Trinajstić information content (AvgIpc) is 4.23. The third-order valence-corrected chi connectivity index (χ3v) is 11.2. The Morgan fingerprint density at radius 2 is 1.11 bits per heavy atom. The Balaban J connectivity index is 0.000000196. The summed E-state index contributed by atoms with van der Waals surface area (Å²) in [5, 5.41) is 0. The third kappa shape index (κ3) is 14.8. The molecule has 2 heterocycles. The van der Waals surface area contributed by atoms with Crippen molar-refractivity contribution in [1.29, 1.82) is 0 Å². The van der Waals surface area contributed by atoms with E-state index in [0.717, 1.165) is 40.8 Å². The van der Waals surface area contributed by atoms with Gasteiger partial charge >= 0.3 is 0 Å². The van der Waals surface area contributed by atoms with Crippen molar-refractivity contribution in [2.24, 2.45) is 11.8 Å². The first-order valence-electron chi connectivity index (χ1n) is 20.8. The maximum absolute atomic E-state index is 14.4. The first-order valence-corrected chi connectivity index (χ1v) is 24.6. The summed E-state index contributed by atoms with van der Waals surface area (Å²) in [5.74, 6) is 0.505. The van der Waals surface area contributed by atoms with E-state index in [0.29, 0.717) is 53.9 Å². The minimum absolute atomic E-state index is 0.0602. The van der Waals surface area contributed by atoms with Gasteiger partial charge in [0, 0.05) is 47.3 Å². The predicted octanol–water partition coefficient (Wildman–Crippen LogP) is 7.89. The van der Waals surface area contributed by atoms with Gasteiger partial charge in [0.1, 0.15) is 36.3 Å². The van der Waals surface area contributed by atoms with Crippen molar-refractivity contribution in [2.45, 2.75) is 38.9 Å². The van der Waals surface area contributed by atoms with Crippen LogP contribution >= 0.6 is 0 Å². The number of nitrogens with zero attached hydrogens (tertiary/aromatic N) is 2. The summed E-state index contributed by atoms with van der Waals surface area (Å²) in [6, 6.07) is 29.1. The van der Waals surface area contributed by atoms with Crippen LogP contribution in [0.5, 0.6) is 23.3 Å². The molecular weight excluding hydrogens is 895 g/mol. The number of sulfonamides is 2. The molecule has 0 bridgehead atoms. The van der Waals surface area contributed by atoms with Gasteiger partial charge in [0.05, 0.1) is 25.7 Å². The van der Waals surface area contributed by atoms with Crippen LogP contribution in [0, 0.1) is 23.5 Å². The number of aromatic nitrogens is 2. The Morgan fingerprint density at radius 1 is 0.576 bits per heavy atom. The largest absolute Gasteiger partial charge is 0.489 e. The number of ether oxygens (including phenoxy) is 4. The third-order valence-electron chi connectivity index (χ3n) is 10.1. The average molecular weight is 941 g/mol. The lowest BCUT2D eigenvalue weighted by Crippen LogP contribution is -2.29. The van der Waals surface area contributed by atoms with E-state index < -0.39 is 43.5 Å². The van der Waals surface area contributed by atoms with Crippen LogP contribution in [0.3, 0.4) is 0 Å². The molecule has 0 radical (unpaired) electrons. The molecule has 0 saturated heterocycles. The molecule has 4 aromatic carbocycles. The molecule has 0 unspecified atom stereocenters. The molecule has 6 aromatic rings. The Hall–Kier alpha value is -6.92. The van der Waals surface area contributed by atoms with Crippen LogP contribution in [-0.4, -0.2) is 64.3 Å². The van der Waals surface area contributed by atoms with Gasteiger partial charge in [-0.05, 0) is 126 Å². The summed E-state index contributed by atoms with van der Waals surface area (Å²) >= 11 is 0. The first kappa shape index (κ1) is 47.1. The van der Waals surface area contributed by atoms with E-state index in [2.05, 4.69) is 9.97 Å². The summed E-state index contributed by atoms with van der Waals surface area (Å²) in [5.41, 5.74) is 4.30. The van der Waals surface area contributed by atoms with Crippen molar-refractivity contribution >= 4 is 31.9 Å². The van der Waals surface area contributed by atoms with Gasteiger partial charge in [-0.1, -0.05) is 30.3 Å². The highest BCUT2D eigenvalue weighted by Gasteiger charge is 2.23. The van der Waals surface area contributed by atoms with Crippen molar-refractivity contribution < 1.29 is 54.2 Å². The summed E-state index contributed by atoms with van der Waals surface area (Å²) in [6.45, 7) is 1.40. The highest BCUT2D eigenvalue weighted by molar-refractivity contribution is 7.89. The molecule has 66 heavy (non-hydrogen) atoms. The van der Waals surface area contributed by atoms with Crippen LogP contribution in [0.1, 0.15) is 57.5 Å². The van der Waals surface area contributed by atoms with Crippen molar-refractivity contribution in [1.82, 2.24) is 19.4 Å². The minimum atomic E-state index is -3.73. The molecule has 0 spiro atoms. The maximum atomic E-state index is 14.4. The summed E-state index contributed by atoms with van der Waals surface area (Å²) in [6.07, 6.45) is 9.86. The van der Waals surface area contributed by atoms with Gasteiger partial charge in [-0.3, -0.25) is 9.59 Å². The number of carbonyl (C=O) groups is 2. The molecule has 2 saturated carbocycles. The molecule has 344 valence electrons. The molecule has 0 atom stereocenters. The van der Waals surface area contributed by atoms with E-state index in [9.17, 15) is 35.2 Å². The fraction of sp³-hybridized carbons (Fsp3) is 0.250. The standard InChI is InChI=1S/2C24H23FN2O5S/c1-33(29,30)27-24(28)18-6-4-17(5-7-18)14-31-22-11-20(10-21(25)13-22)19-8-9-26-23(12-19)32-15-16-2-3-16;1-33(29,30)27-24(28)19-7-8-20(22(25)12-19)15-31-21-4-2-3-17(11-21)18-9-10-26-23(13-18)32-14-16-5-6-16/h4-13,16H,2-3,14-15H2,1H3,(H,27,28);2-4,7-13,16H,5-6,14-15H2,1H3,(H,27,28). The lowest BCUT2D eigenvalue weighted by Gasteiger charge is -2.11. The zero-order valence-electron chi connectivity index (χ0n) is 35.9. The highest BCUT2D eigenvalue weighted by Crippen LogP contribution is 2.32. The number of hydrogen-bond donors (Lipinski definition) is 2. The fourth-order valence-electron chi connectivity index (χ4n) is 6.23. The quantitative estimate of drug-likeness (QED) is 0.0849. The van der Waals surface area contributed by atoms with Gasteiger partial charge in [0.2, 0.25) is 31.8 Å². The van der Waals surface area contributed by atoms with E-state index in [1.165, 1.54) is 62.1 Å². The molecule has 8 rings (SSSR count). The molecule has 14 nitrogen and oxygen atoms in total. The molecule has 2 aromatic heterocycles. The smallest absolute Gasteiger partial charge is 0.264 e. The molecule has 2 N–H and O–H groups in total. The van der Waals surface area contributed by atoms with Crippen LogP contribution in [0.4, 0.5) is 8.78 Å². The van der Waals surface area contributed by atoms with Crippen LogP contribution < -0.4 is 28.4 Å². The SMILES string of the molecule is CS(=O)(=O)NC(=O)c1ccc(COc2cc(F)cc(-c3ccnc(OCC4CC4)c3)c2)cc1.CS(=O)(=O)NC(=O)c1ccc(COc2cccc(-c3ccnc(OCC4CC4)c3)c2)c(F)c1. The maximum Gasteiger partial charge on any atom is 0.264 e. The van der Waals surface area contributed by atoms with Crippen LogP contribution in [0.15, 0.2) is 122 Å². The normalized spacial score (nSPS) is 13.4. The van der Waals surface area contributed by atoms with Gasteiger partial charge in [-0.15, -0.1) is 0 Å². The molecule has 0 aliphatic heterocycles. The lowest BCUT2D eigenvalue weighted by atomic mass is 10.1. The van der Waals surface area contributed by atoms with Crippen LogP contribution in [0.2, 0.25) is 0 Å². The molecule has 2 fully saturated rings. The van der Waals surface area contributed by atoms with Gasteiger partial charge in [-0.25, -0.2) is 45.0 Å². The van der Waals surface area contributed by atoms with Gasteiger partial charge in [0.15, 0.2) is 0 Å². The monoisotopic (exact) mass is 940 g/mol. The molecule has 18 heteroatoms. The van der Waals surface area contributed by atoms with E-state index in [4.69, 9.17) is 18.9 Å². The fourth-order valence-corrected chi connectivity index (χ4v) is 7.14. The van der Waals surface area contributed by atoms with E-state index in [1.54, 1.807) is 53.5 Å². The van der Waals surface area contributed by atoms with E-state index in [-0.39, 0.29) is 29.9 Å².